The highest BCUT2D eigenvalue weighted by Crippen LogP contribution is 2.32. The van der Waals surface area contributed by atoms with Gasteiger partial charge in [-0.25, -0.2) is 4.79 Å². The lowest BCUT2D eigenvalue weighted by atomic mass is 10.1. The molecule has 0 unspecified atom stereocenters. The summed E-state index contributed by atoms with van der Waals surface area (Å²) >= 11 is 0. The van der Waals surface area contributed by atoms with E-state index in [9.17, 15) is 4.79 Å². The molecule has 1 heterocycles. The molecule has 0 radical (unpaired) electrons. The van der Waals surface area contributed by atoms with Crippen molar-refractivity contribution in [2.75, 3.05) is 13.4 Å². The van der Waals surface area contributed by atoms with E-state index < -0.39 is 5.97 Å². The van der Waals surface area contributed by atoms with Crippen molar-refractivity contribution >= 4 is 5.97 Å². The normalized spacial score (nSPS) is 12.2. The van der Waals surface area contributed by atoms with Crippen LogP contribution in [0.1, 0.15) is 15.9 Å². The fraction of sp³-hybridized carbons (Fsp3) is 0.188. The van der Waals surface area contributed by atoms with Gasteiger partial charge in [0.1, 0.15) is 5.75 Å². The Labute approximate surface area is 121 Å². The van der Waals surface area contributed by atoms with Crippen LogP contribution in [0.4, 0.5) is 0 Å². The lowest BCUT2D eigenvalue weighted by Crippen LogP contribution is -2.02. The van der Waals surface area contributed by atoms with Crippen molar-refractivity contribution in [1.29, 1.82) is 0 Å². The topological polar surface area (TPSA) is 65.0 Å². The first kappa shape index (κ1) is 13.3. The van der Waals surface area contributed by atoms with Crippen LogP contribution in [0, 0.1) is 0 Å². The summed E-state index contributed by atoms with van der Waals surface area (Å²) < 4.78 is 16.2. The summed E-state index contributed by atoms with van der Waals surface area (Å²) in [4.78, 5) is 10.7. The Bertz CT molecular complexity index is 648. The van der Waals surface area contributed by atoms with Gasteiger partial charge in [-0.05, 0) is 42.0 Å². The minimum absolute atomic E-state index is 0.248. The number of ether oxygens (including phenoxy) is 3. The van der Waals surface area contributed by atoms with Crippen LogP contribution in [0.25, 0.3) is 0 Å². The molecule has 0 atom stereocenters. The molecule has 3 rings (SSSR count). The molecule has 0 saturated heterocycles. The average Bonchev–Trinajstić information content (AvgIpc) is 2.95. The maximum Gasteiger partial charge on any atom is 0.335 e. The molecule has 0 aliphatic carbocycles. The highest BCUT2D eigenvalue weighted by molar-refractivity contribution is 5.87. The third-order valence-electron chi connectivity index (χ3n) is 3.20. The number of aromatic carboxylic acids is 1. The number of carbonyl (C=O) groups is 1. The van der Waals surface area contributed by atoms with Gasteiger partial charge in [0, 0.05) is 6.42 Å². The molecule has 5 nitrogen and oxygen atoms in total. The van der Waals surface area contributed by atoms with Crippen molar-refractivity contribution in [2.45, 2.75) is 6.42 Å². The maximum atomic E-state index is 10.7. The van der Waals surface area contributed by atoms with E-state index in [0.29, 0.717) is 12.4 Å². The SMILES string of the molecule is O=C(O)c1ccc(OCCc2ccc3c(c2)OCO3)cc1. The molecule has 2 aromatic carbocycles. The van der Waals surface area contributed by atoms with E-state index in [-0.39, 0.29) is 12.4 Å². The van der Waals surface area contributed by atoms with Gasteiger partial charge in [-0.3, -0.25) is 0 Å². The molecule has 0 fully saturated rings. The quantitative estimate of drug-likeness (QED) is 0.915. The molecular formula is C16H14O5. The number of carboxylic acids is 1. The van der Waals surface area contributed by atoms with Crippen molar-refractivity contribution in [3.8, 4) is 17.2 Å². The fourth-order valence-corrected chi connectivity index (χ4v) is 2.08. The summed E-state index contributed by atoms with van der Waals surface area (Å²) in [5.41, 5.74) is 1.35. The molecular weight excluding hydrogens is 272 g/mol. The Balaban J connectivity index is 1.55. The van der Waals surface area contributed by atoms with Gasteiger partial charge in [0.2, 0.25) is 6.79 Å². The Morgan fingerprint density at radius 3 is 2.62 bits per heavy atom. The molecule has 0 aromatic heterocycles. The molecule has 1 aliphatic heterocycles. The highest BCUT2D eigenvalue weighted by atomic mass is 16.7. The number of benzene rings is 2. The molecule has 2 aromatic rings. The second-order valence-electron chi connectivity index (χ2n) is 4.62. The third kappa shape index (κ3) is 3.08. The molecule has 0 amide bonds. The number of hydrogen-bond donors (Lipinski definition) is 1. The van der Waals surface area contributed by atoms with Gasteiger partial charge in [0.25, 0.3) is 0 Å². The maximum absolute atomic E-state index is 10.7. The predicted octanol–water partition coefficient (Wildman–Crippen LogP) is 2.74. The zero-order valence-electron chi connectivity index (χ0n) is 11.2. The molecule has 21 heavy (non-hydrogen) atoms. The number of hydrogen-bond acceptors (Lipinski definition) is 4. The molecule has 5 heteroatoms. The van der Waals surface area contributed by atoms with Crippen LogP contribution >= 0.6 is 0 Å². The molecule has 1 aliphatic rings. The molecule has 0 bridgehead atoms. The third-order valence-corrected chi connectivity index (χ3v) is 3.20. The van der Waals surface area contributed by atoms with Gasteiger partial charge in [-0.2, -0.15) is 0 Å². The van der Waals surface area contributed by atoms with E-state index in [4.69, 9.17) is 19.3 Å². The fourth-order valence-electron chi connectivity index (χ4n) is 2.08. The smallest absolute Gasteiger partial charge is 0.335 e. The summed E-state index contributed by atoms with van der Waals surface area (Å²) in [6, 6.07) is 12.2. The standard InChI is InChI=1S/C16H14O5/c17-16(18)12-2-4-13(5-3-12)19-8-7-11-1-6-14-15(9-11)21-10-20-14/h1-6,9H,7-8,10H2,(H,17,18). The van der Waals surface area contributed by atoms with Crippen LogP contribution in [0.5, 0.6) is 17.2 Å². The second kappa shape index (κ2) is 5.75. The zero-order chi connectivity index (χ0) is 14.7. The molecule has 108 valence electrons. The lowest BCUT2D eigenvalue weighted by molar-refractivity contribution is 0.0697. The first-order valence-corrected chi connectivity index (χ1v) is 6.57. The van der Waals surface area contributed by atoms with Crippen LogP contribution in [-0.2, 0) is 6.42 Å². The Morgan fingerprint density at radius 2 is 1.86 bits per heavy atom. The first-order chi connectivity index (χ1) is 10.2. The average molecular weight is 286 g/mol. The number of carboxylic acid groups (broad SMARTS) is 1. The van der Waals surface area contributed by atoms with Gasteiger partial charge in [0.15, 0.2) is 11.5 Å². The summed E-state index contributed by atoms with van der Waals surface area (Å²) in [5, 5.41) is 8.81. The summed E-state index contributed by atoms with van der Waals surface area (Å²) in [6.07, 6.45) is 0.733. The van der Waals surface area contributed by atoms with E-state index >= 15 is 0 Å². The zero-order valence-corrected chi connectivity index (χ0v) is 11.2. The van der Waals surface area contributed by atoms with Crippen LogP contribution in [-0.4, -0.2) is 24.5 Å². The van der Waals surface area contributed by atoms with Crippen LogP contribution in [0.15, 0.2) is 42.5 Å². The van der Waals surface area contributed by atoms with Crippen molar-refractivity contribution in [2.24, 2.45) is 0 Å². The van der Waals surface area contributed by atoms with Gasteiger partial charge in [-0.1, -0.05) is 6.07 Å². The van der Waals surface area contributed by atoms with E-state index in [1.165, 1.54) is 12.1 Å². The van der Waals surface area contributed by atoms with Crippen molar-refractivity contribution in [3.05, 3.63) is 53.6 Å². The Kier molecular flexibility index (Phi) is 3.64. The number of fused-ring (bicyclic) bond motifs is 1. The van der Waals surface area contributed by atoms with Crippen molar-refractivity contribution in [1.82, 2.24) is 0 Å². The van der Waals surface area contributed by atoms with Crippen molar-refractivity contribution < 1.29 is 24.1 Å². The minimum atomic E-state index is -0.943. The lowest BCUT2D eigenvalue weighted by Gasteiger charge is -2.07. The van der Waals surface area contributed by atoms with Gasteiger partial charge in [-0.15, -0.1) is 0 Å². The van der Waals surface area contributed by atoms with E-state index in [0.717, 1.165) is 23.5 Å². The van der Waals surface area contributed by atoms with E-state index in [1.807, 2.05) is 18.2 Å². The summed E-state index contributed by atoms with van der Waals surface area (Å²) in [5.74, 6) is 1.24. The summed E-state index contributed by atoms with van der Waals surface area (Å²) in [6.45, 7) is 0.775. The molecule has 0 spiro atoms. The number of rotatable bonds is 5. The van der Waals surface area contributed by atoms with E-state index in [1.54, 1.807) is 12.1 Å². The second-order valence-corrected chi connectivity index (χ2v) is 4.62. The largest absolute Gasteiger partial charge is 0.493 e. The Morgan fingerprint density at radius 1 is 1.10 bits per heavy atom. The monoisotopic (exact) mass is 286 g/mol. The van der Waals surface area contributed by atoms with E-state index in [2.05, 4.69) is 0 Å². The van der Waals surface area contributed by atoms with Crippen LogP contribution in [0.3, 0.4) is 0 Å². The first-order valence-electron chi connectivity index (χ1n) is 6.57. The van der Waals surface area contributed by atoms with Gasteiger partial charge < -0.3 is 19.3 Å². The Hall–Kier alpha value is -2.69. The molecule has 0 saturated carbocycles. The summed E-state index contributed by atoms with van der Waals surface area (Å²) in [7, 11) is 0. The van der Waals surface area contributed by atoms with Gasteiger partial charge in [0.05, 0.1) is 12.2 Å². The highest BCUT2D eigenvalue weighted by Gasteiger charge is 2.13. The molecule has 1 N–H and O–H groups in total. The minimum Gasteiger partial charge on any atom is -0.493 e. The van der Waals surface area contributed by atoms with Gasteiger partial charge >= 0.3 is 5.97 Å². The van der Waals surface area contributed by atoms with Crippen LogP contribution in [0.2, 0.25) is 0 Å². The van der Waals surface area contributed by atoms with Crippen LogP contribution < -0.4 is 14.2 Å². The van der Waals surface area contributed by atoms with Crippen molar-refractivity contribution in [3.63, 3.8) is 0 Å². The predicted molar refractivity (Wildman–Crippen MR) is 75.2 cm³/mol.